The van der Waals surface area contributed by atoms with Gasteiger partial charge in [-0.05, 0) is 55.0 Å². The normalized spacial score (nSPS) is 10.2. The molecular weight excluding hydrogens is 329 g/mol. The number of rotatable bonds is 4. The minimum Gasteiger partial charge on any atom is -0.496 e. The van der Waals surface area contributed by atoms with E-state index in [0.717, 1.165) is 9.13 Å². The monoisotopic (exact) mass is 347 g/mol. The third-order valence-corrected chi connectivity index (χ3v) is 3.67. The first kappa shape index (κ1) is 14.3. The molecule has 0 spiro atoms. The van der Waals surface area contributed by atoms with Gasteiger partial charge >= 0.3 is 0 Å². The SMILES string of the molecule is CCN(CC)C(=O)c1c(I)ccc(C)c1OC. The van der Waals surface area contributed by atoms with Crippen molar-refractivity contribution in [1.29, 1.82) is 0 Å². The van der Waals surface area contributed by atoms with Crippen LogP contribution in [0, 0.1) is 10.5 Å². The lowest BCUT2D eigenvalue weighted by atomic mass is 10.1. The average molecular weight is 347 g/mol. The zero-order chi connectivity index (χ0) is 13.0. The molecule has 0 N–H and O–H groups in total. The number of amides is 1. The molecule has 3 nitrogen and oxygen atoms in total. The minimum absolute atomic E-state index is 0.0416. The molecule has 0 fully saturated rings. The largest absolute Gasteiger partial charge is 0.496 e. The fraction of sp³-hybridized carbons (Fsp3) is 0.462. The van der Waals surface area contributed by atoms with Crippen LogP contribution in [-0.4, -0.2) is 31.0 Å². The van der Waals surface area contributed by atoms with Gasteiger partial charge in [0.15, 0.2) is 0 Å². The van der Waals surface area contributed by atoms with E-state index in [9.17, 15) is 4.79 Å². The molecule has 1 amide bonds. The van der Waals surface area contributed by atoms with Crippen LogP contribution in [0.2, 0.25) is 0 Å². The summed E-state index contributed by atoms with van der Waals surface area (Å²) in [6.07, 6.45) is 0. The third-order valence-electron chi connectivity index (χ3n) is 2.77. The molecule has 0 aliphatic rings. The zero-order valence-electron chi connectivity index (χ0n) is 10.7. The lowest BCUT2D eigenvalue weighted by Crippen LogP contribution is -2.31. The maximum absolute atomic E-state index is 12.4. The predicted octanol–water partition coefficient (Wildman–Crippen LogP) is 3.09. The van der Waals surface area contributed by atoms with Crippen molar-refractivity contribution in [2.24, 2.45) is 0 Å². The number of carbonyl (C=O) groups is 1. The van der Waals surface area contributed by atoms with E-state index < -0.39 is 0 Å². The quantitative estimate of drug-likeness (QED) is 0.784. The second-order valence-electron chi connectivity index (χ2n) is 3.75. The molecule has 94 valence electrons. The Morgan fingerprint density at radius 1 is 1.35 bits per heavy atom. The summed E-state index contributed by atoms with van der Waals surface area (Å²) < 4.78 is 6.30. The molecule has 1 aromatic carbocycles. The van der Waals surface area contributed by atoms with E-state index in [0.29, 0.717) is 24.4 Å². The van der Waals surface area contributed by atoms with Gasteiger partial charge in [0, 0.05) is 16.7 Å². The first-order valence-corrected chi connectivity index (χ1v) is 6.77. The molecule has 0 radical (unpaired) electrons. The van der Waals surface area contributed by atoms with Gasteiger partial charge in [-0.2, -0.15) is 0 Å². The van der Waals surface area contributed by atoms with Crippen LogP contribution in [0.4, 0.5) is 0 Å². The van der Waals surface area contributed by atoms with E-state index in [1.54, 1.807) is 12.0 Å². The Morgan fingerprint density at radius 2 is 1.94 bits per heavy atom. The fourth-order valence-corrected chi connectivity index (χ4v) is 2.45. The van der Waals surface area contributed by atoms with E-state index in [-0.39, 0.29) is 5.91 Å². The summed E-state index contributed by atoms with van der Waals surface area (Å²) in [5.74, 6) is 0.730. The van der Waals surface area contributed by atoms with Crippen molar-refractivity contribution < 1.29 is 9.53 Å². The number of carbonyl (C=O) groups excluding carboxylic acids is 1. The summed E-state index contributed by atoms with van der Waals surface area (Å²) in [6, 6.07) is 3.93. The number of halogens is 1. The van der Waals surface area contributed by atoms with Gasteiger partial charge in [-0.25, -0.2) is 0 Å². The van der Waals surface area contributed by atoms with Crippen LogP contribution in [0.5, 0.6) is 5.75 Å². The van der Waals surface area contributed by atoms with Crippen molar-refractivity contribution in [2.75, 3.05) is 20.2 Å². The van der Waals surface area contributed by atoms with Crippen LogP contribution in [0.3, 0.4) is 0 Å². The average Bonchev–Trinajstić information content (AvgIpc) is 2.33. The summed E-state index contributed by atoms with van der Waals surface area (Å²) in [5, 5.41) is 0. The lowest BCUT2D eigenvalue weighted by molar-refractivity contribution is 0.0768. The first-order valence-electron chi connectivity index (χ1n) is 5.69. The Bertz CT molecular complexity index is 414. The third kappa shape index (κ3) is 2.91. The van der Waals surface area contributed by atoms with Crippen LogP contribution in [0.15, 0.2) is 12.1 Å². The first-order chi connectivity index (χ1) is 8.06. The molecule has 17 heavy (non-hydrogen) atoms. The highest BCUT2D eigenvalue weighted by molar-refractivity contribution is 14.1. The standard InChI is InChI=1S/C13H18INO2/c1-5-15(6-2)13(16)11-10(14)8-7-9(3)12(11)17-4/h7-8H,5-6H2,1-4H3. The van der Waals surface area contributed by atoms with Crippen LogP contribution >= 0.6 is 22.6 Å². The van der Waals surface area contributed by atoms with Crippen molar-refractivity contribution in [3.8, 4) is 5.75 Å². The Hall–Kier alpha value is -0.780. The Balaban J connectivity index is 3.29. The Labute approximate surface area is 116 Å². The van der Waals surface area contributed by atoms with Gasteiger partial charge in [0.25, 0.3) is 5.91 Å². The Morgan fingerprint density at radius 3 is 2.41 bits per heavy atom. The van der Waals surface area contributed by atoms with Crippen molar-refractivity contribution in [1.82, 2.24) is 4.90 Å². The maximum atomic E-state index is 12.4. The second kappa shape index (κ2) is 6.23. The van der Waals surface area contributed by atoms with E-state index in [2.05, 4.69) is 22.6 Å². The van der Waals surface area contributed by atoms with Crippen LogP contribution < -0.4 is 4.74 Å². The van der Waals surface area contributed by atoms with Crippen molar-refractivity contribution in [3.05, 3.63) is 26.8 Å². The molecule has 0 aliphatic heterocycles. The van der Waals surface area contributed by atoms with Gasteiger partial charge in [-0.3, -0.25) is 4.79 Å². The maximum Gasteiger partial charge on any atom is 0.258 e. The number of methoxy groups -OCH3 is 1. The number of hydrogen-bond donors (Lipinski definition) is 0. The summed E-state index contributed by atoms with van der Waals surface area (Å²) in [6.45, 7) is 7.34. The van der Waals surface area contributed by atoms with Gasteiger partial charge in [0.2, 0.25) is 0 Å². The summed E-state index contributed by atoms with van der Waals surface area (Å²) in [4.78, 5) is 14.2. The molecule has 0 aliphatic carbocycles. The molecule has 0 aromatic heterocycles. The van der Waals surface area contributed by atoms with E-state index in [1.807, 2.05) is 32.9 Å². The smallest absolute Gasteiger partial charge is 0.258 e. The highest BCUT2D eigenvalue weighted by Crippen LogP contribution is 2.29. The van der Waals surface area contributed by atoms with Gasteiger partial charge < -0.3 is 9.64 Å². The minimum atomic E-state index is 0.0416. The van der Waals surface area contributed by atoms with Crippen molar-refractivity contribution >= 4 is 28.5 Å². The number of hydrogen-bond acceptors (Lipinski definition) is 2. The predicted molar refractivity (Wildman–Crippen MR) is 77.7 cm³/mol. The lowest BCUT2D eigenvalue weighted by Gasteiger charge is -2.21. The topological polar surface area (TPSA) is 29.5 Å². The molecule has 0 bridgehead atoms. The van der Waals surface area contributed by atoms with Gasteiger partial charge in [0.05, 0.1) is 12.7 Å². The molecule has 0 saturated heterocycles. The fourth-order valence-electron chi connectivity index (χ4n) is 1.79. The van der Waals surface area contributed by atoms with E-state index >= 15 is 0 Å². The Kier molecular flexibility index (Phi) is 5.24. The molecule has 0 heterocycles. The van der Waals surface area contributed by atoms with Gasteiger partial charge in [-0.1, -0.05) is 6.07 Å². The van der Waals surface area contributed by atoms with E-state index in [1.165, 1.54) is 0 Å². The summed E-state index contributed by atoms with van der Waals surface area (Å²) in [5.41, 5.74) is 1.67. The highest BCUT2D eigenvalue weighted by atomic mass is 127. The zero-order valence-corrected chi connectivity index (χ0v) is 12.9. The van der Waals surface area contributed by atoms with Crippen molar-refractivity contribution in [2.45, 2.75) is 20.8 Å². The molecule has 1 aromatic rings. The number of nitrogens with zero attached hydrogens (tertiary/aromatic N) is 1. The van der Waals surface area contributed by atoms with Crippen LogP contribution in [-0.2, 0) is 0 Å². The summed E-state index contributed by atoms with van der Waals surface area (Å²) >= 11 is 2.18. The summed E-state index contributed by atoms with van der Waals surface area (Å²) in [7, 11) is 1.61. The van der Waals surface area contributed by atoms with Crippen LogP contribution in [0.1, 0.15) is 29.8 Å². The van der Waals surface area contributed by atoms with Gasteiger partial charge in [0.1, 0.15) is 5.75 Å². The molecular formula is C13H18INO2. The molecule has 0 atom stereocenters. The van der Waals surface area contributed by atoms with Gasteiger partial charge in [-0.15, -0.1) is 0 Å². The number of benzene rings is 1. The number of aryl methyl sites for hydroxylation is 1. The highest BCUT2D eigenvalue weighted by Gasteiger charge is 2.21. The molecule has 0 unspecified atom stereocenters. The molecule has 4 heteroatoms. The van der Waals surface area contributed by atoms with E-state index in [4.69, 9.17) is 4.74 Å². The van der Waals surface area contributed by atoms with Crippen LogP contribution in [0.25, 0.3) is 0 Å². The molecule has 0 saturated carbocycles. The van der Waals surface area contributed by atoms with Crippen molar-refractivity contribution in [3.63, 3.8) is 0 Å². The second-order valence-corrected chi connectivity index (χ2v) is 4.91. The number of ether oxygens (including phenoxy) is 1. The molecule has 1 rings (SSSR count).